The fourth-order valence-electron chi connectivity index (χ4n) is 3.12. The van der Waals surface area contributed by atoms with Gasteiger partial charge in [-0.25, -0.2) is 8.42 Å². The second kappa shape index (κ2) is 6.70. The molecule has 2 heterocycles. The van der Waals surface area contributed by atoms with Crippen LogP contribution in [0, 0.1) is 0 Å². The summed E-state index contributed by atoms with van der Waals surface area (Å²) in [5, 5.41) is 0. The molecule has 0 spiro atoms. The molecule has 1 saturated heterocycles. The first-order valence-electron chi connectivity index (χ1n) is 8.27. The second-order valence-electron chi connectivity index (χ2n) is 5.89. The number of nitrogens with zero attached hydrogens (tertiary/aromatic N) is 3. The maximum atomic E-state index is 12.9. The molecule has 0 unspecified atom stereocenters. The van der Waals surface area contributed by atoms with Gasteiger partial charge in [0.1, 0.15) is 5.75 Å². The fraction of sp³-hybridized carbons (Fsp3) is 0.562. The number of hydrogen-bond acceptors (Lipinski definition) is 5. The van der Waals surface area contributed by atoms with Crippen molar-refractivity contribution in [2.24, 2.45) is 0 Å². The zero-order valence-electron chi connectivity index (χ0n) is 14.1. The number of anilines is 1. The largest absolute Gasteiger partial charge is 0.482 e. The monoisotopic (exact) mass is 353 g/mol. The van der Waals surface area contributed by atoms with Crippen molar-refractivity contribution in [2.45, 2.75) is 18.7 Å². The summed E-state index contributed by atoms with van der Waals surface area (Å²) in [6, 6.07) is 4.75. The number of amides is 1. The maximum Gasteiger partial charge on any atom is 0.265 e. The van der Waals surface area contributed by atoms with Crippen molar-refractivity contribution in [1.29, 1.82) is 0 Å². The first-order valence-corrected chi connectivity index (χ1v) is 9.71. The highest BCUT2D eigenvalue weighted by atomic mass is 32.2. The Labute approximate surface area is 142 Å². The SMILES string of the molecule is CCN1CCN(S(=O)(=O)c2ccc3c(c2)N(CC)C(=O)CO3)CC1. The van der Waals surface area contributed by atoms with Crippen molar-refractivity contribution in [3.63, 3.8) is 0 Å². The molecule has 8 heteroatoms. The topological polar surface area (TPSA) is 70.2 Å². The van der Waals surface area contributed by atoms with Crippen LogP contribution < -0.4 is 9.64 Å². The molecule has 0 aliphatic carbocycles. The van der Waals surface area contributed by atoms with Crippen LogP contribution in [0.5, 0.6) is 5.75 Å². The molecule has 0 aromatic heterocycles. The summed E-state index contributed by atoms with van der Waals surface area (Å²) < 4.78 is 32.7. The molecule has 24 heavy (non-hydrogen) atoms. The molecule has 2 aliphatic heterocycles. The molecular weight excluding hydrogens is 330 g/mol. The number of hydrogen-bond donors (Lipinski definition) is 0. The lowest BCUT2D eigenvalue weighted by atomic mass is 10.2. The van der Waals surface area contributed by atoms with E-state index >= 15 is 0 Å². The number of ether oxygens (including phenoxy) is 1. The fourth-order valence-corrected chi connectivity index (χ4v) is 4.57. The third-order valence-corrected chi connectivity index (χ3v) is 6.50. The Morgan fingerprint density at radius 3 is 2.42 bits per heavy atom. The number of likely N-dealkylation sites (N-methyl/N-ethyl adjacent to an activating group) is 2. The zero-order valence-corrected chi connectivity index (χ0v) is 14.9. The van der Waals surface area contributed by atoms with Crippen molar-refractivity contribution in [3.05, 3.63) is 18.2 Å². The highest BCUT2D eigenvalue weighted by Crippen LogP contribution is 2.34. The van der Waals surface area contributed by atoms with Crippen LogP contribution in [0.15, 0.2) is 23.1 Å². The molecule has 2 aliphatic rings. The molecule has 0 N–H and O–H groups in total. The molecule has 0 atom stereocenters. The lowest BCUT2D eigenvalue weighted by Crippen LogP contribution is -2.48. The smallest absolute Gasteiger partial charge is 0.265 e. The van der Waals surface area contributed by atoms with E-state index in [4.69, 9.17) is 4.74 Å². The van der Waals surface area contributed by atoms with Crippen molar-refractivity contribution in [3.8, 4) is 5.75 Å². The van der Waals surface area contributed by atoms with E-state index < -0.39 is 10.0 Å². The quantitative estimate of drug-likeness (QED) is 0.799. The van der Waals surface area contributed by atoms with Gasteiger partial charge in [-0.2, -0.15) is 4.31 Å². The average Bonchev–Trinajstić information content (AvgIpc) is 2.61. The van der Waals surface area contributed by atoms with Gasteiger partial charge in [0.25, 0.3) is 5.91 Å². The summed E-state index contributed by atoms with van der Waals surface area (Å²) >= 11 is 0. The third-order valence-electron chi connectivity index (χ3n) is 4.61. The Balaban J connectivity index is 1.89. The molecule has 3 rings (SSSR count). The number of sulfonamides is 1. The van der Waals surface area contributed by atoms with Crippen LogP contribution in [0.3, 0.4) is 0 Å². The molecule has 7 nitrogen and oxygen atoms in total. The Kier molecular flexibility index (Phi) is 4.80. The van der Waals surface area contributed by atoms with Gasteiger partial charge in [0.2, 0.25) is 10.0 Å². The summed E-state index contributed by atoms with van der Waals surface area (Å²) in [6.07, 6.45) is 0. The number of fused-ring (bicyclic) bond motifs is 1. The first-order chi connectivity index (χ1) is 11.5. The summed E-state index contributed by atoms with van der Waals surface area (Å²) in [7, 11) is -3.56. The molecule has 0 saturated carbocycles. The Bertz CT molecular complexity index is 727. The number of carbonyl (C=O) groups is 1. The average molecular weight is 353 g/mol. The minimum Gasteiger partial charge on any atom is -0.482 e. The standard InChI is InChI=1S/C16H23N3O4S/c1-3-17-7-9-18(10-8-17)24(21,22)13-5-6-15-14(11-13)19(4-2)16(20)12-23-15/h5-6,11H,3-4,7-10,12H2,1-2H3. The Hall–Kier alpha value is -1.64. The molecule has 0 bridgehead atoms. The summed E-state index contributed by atoms with van der Waals surface area (Å²) in [5.74, 6) is 0.391. The molecule has 1 amide bonds. The highest BCUT2D eigenvalue weighted by molar-refractivity contribution is 7.89. The minimum absolute atomic E-state index is 0.00802. The third kappa shape index (κ3) is 3.01. The van der Waals surface area contributed by atoms with Crippen LogP contribution in [-0.2, 0) is 14.8 Å². The van der Waals surface area contributed by atoms with Crippen LogP contribution in [0.4, 0.5) is 5.69 Å². The van der Waals surface area contributed by atoms with Gasteiger partial charge in [0.15, 0.2) is 6.61 Å². The van der Waals surface area contributed by atoms with Crippen molar-refractivity contribution < 1.29 is 17.9 Å². The van der Waals surface area contributed by atoms with Crippen LogP contribution in [0.2, 0.25) is 0 Å². The number of carbonyl (C=O) groups excluding carboxylic acids is 1. The van der Waals surface area contributed by atoms with Gasteiger partial charge in [-0.1, -0.05) is 6.92 Å². The predicted molar refractivity (Wildman–Crippen MR) is 90.8 cm³/mol. The summed E-state index contributed by atoms with van der Waals surface area (Å²) in [5.41, 5.74) is 0.530. The van der Waals surface area contributed by atoms with Gasteiger partial charge in [0.05, 0.1) is 10.6 Å². The van der Waals surface area contributed by atoms with E-state index in [1.165, 1.54) is 4.31 Å². The molecule has 1 aromatic carbocycles. The van der Waals surface area contributed by atoms with Gasteiger partial charge in [-0.05, 0) is 31.7 Å². The van der Waals surface area contributed by atoms with Gasteiger partial charge in [-0.15, -0.1) is 0 Å². The van der Waals surface area contributed by atoms with E-state index in [0.29, 0.717) is 31.1 Å². The number of rotatable bonds is 4. The molecule has 132 valence electrons. The molecule has 0 radical (unpaired) electrons. The van der Waals surface area contributed by atoms with Crippen molar-refractivity contribution in [1.82, 2.24) is 9.21 Å². The highest BCUT2D eigenvalue weighted by Gasteiger charge is 2.31. The van der Waals surface area contributed by atoms with E-state index in [0.717, 1.165) is 19.6 Å². The van der Waals surface area contributed by atoms with E-state index in [1.807, 2.05) is 6.92 Å². The minimum atomic E-state index is -3.56. The normalized spacial score (nSPS) is 19.9. The van der Waals surface area contributed by atoms with Crippen LogP contribution in [0.1, 0.15) is 13.8 Å². The number of benzene rings is 1. The van der Waals surface area contributed by atoms with Crippen molar-refractivity contribution >= 4 is 21.6 Å². The van der Waals surface area contributed by atoms with Gasteiger partial charge in [0, 0.05) is 32.7 Å². The lowest BCUT2D eigenvalue weighted by molar-refractivity contribution is -0.121. The van der Waals surface area contributed by atoms with E-state index in [-0.39, 0.29) is 17.4 Å². The predicted octanol–water partition coefficient (Wildman–Crippen LogP) is 0.758. The van der Waals surface area contributed by atoms with Gasteiger partial charge in [-0.3, -0.25) is 4.79 Å². The van der Waals surface area contributed by atoms with E-state index in [9.17, 15) is 13.2 Å². The van der Waals surface area contributed by atoms with Crippen LogP contribution in [0.25, 0.3) is 0 Å². The summed E-state index contributed by atoms with van der Waals surface area (Å²) in [4.78, 5) is 16.0. The van der Waals surface area contributed by atoms with Crippen molar-refractivity contribution in [2.75, 3.05) is 50.8 Å². The molecular formula is C16H23N3O4S. The van der Waals surface area contributed by atoms with Crippen LogP contribution in [-0.4, -0.2) is 69.4 Å². The molecule has 1 aromatic rings. The maximum absolute atomic E-state index is 12.9. The first kappa shape index (κ1) is 17.2. The van der Waals surface area contributed by atoms with E-state index in [1.54, 1.807) is 23.1 Å². The van der Waals surface area contributed by atoms with Crippen LogP contribution >= 0.6 is 0 Å². The molecule has 1 fully saturated rings. The Morgan fingerprint density at radius 1 is 1.08 bits per heavy atom. The Morgan fingerprint density at radius 2 is 1.79 bits per heavy atom. The van der Waals surface area contributed by atoms with E-state index in [2.05, 4.69) is 11.8 Å². The lowest BCUT2D eigenvalue weighted by Gasteiger charge is -2.34. The number of piperazine rings is 1. The van der Waals surface area contributed by atoms with Gasteiger partial charge < -0.3 is 14.5 Å². The van der Waals surface area contributed by atoms with Gasteiger partial charge >= 0.3 is 0 Å². The zero-order chi connectivity index (χ0) is 17.3. The summed E-state index contributed by atoms with van der Waals surface area (Å²) in [6.45, 7) is 7.78. The second-order valence-corrected chi connectivity index (χ2v) is 7.83.